The largest absolute Gasteiger partial charge is 0.465 e. The molecule has 4 aromatic carbocycles. The van der Waals surface area contributed by atoms with Crippen LogP contribution in [-0.4, -0.2) is 26.5 Å². The standard InChI is InChI=1S/C32H33BrN2O4S/c1-3-39-31(36)32(22-25-11-6-4-7-12-25,34-23-26-13-8-5-9-14-26)30(27-15-10-16-28(33)21-27)35-40(37,38)29-19-17-24(2)18-20-29/h4-21,30,34-35H,3,22-23H2,1-2H3/t30-,32+/m0/s1. The van der Waals surface area contributed by atoms with E-state index < -0.39 is 27.6 Å². The van der Waals surface area contributed by atoms with Crippen molar-refractivity contribution < 1.29 is 17.9 Å². The zero-order valence-electron chi connectivity index (χ0n) is 22.5. The van der Waals surface area contributed by atoms with Crippen LogP contribution in [0.25, 0.3) is 0 Å². The average molecular weight is 622 g/mol. The van der Waals surface area contributed by atoms with E-state index in [4.69, 9.17) is 4.74 Å². The topological polar surface area (TPSA) is 84.5 Å². The van der Waals surface area contributed by atoms with Crippen LogP contribution >= 0.6 is 15.9 Å². The maximum atomic E-state index is 14.1. The molecule has 4 aromatic rings. The number of halogens is 1. The summed E-state index contributed by atoms with van der Waals surface area (Å²) in [5.74, 6) is -0.550. The Morgan fingerprint density at radius 1 is 0.875 bits per heavy atom. The van der Waals surface area contributed by atoms with Crippen molar-refractivity contribution >= 4 is 31.9 Å². The Labute approximate surface area is 245 Å². The van der Waals surface area contributed by atoms with Crippen LogP contribution in [0.2, 0.25) is 0 Å². The molecule has 0 amide bonds. The van der Waals surface area contributed by atoms with E-state index >= 15 is 0 Å². The lowest BCUT2D eigenvalue weighted by atomic mass is 9.80. The highest BCUT2D eigenvalue weighted by atomic mass is 79.9. The Morgan fingerprint density at radius 3 is 2.10 bits per heavy atom. The van der Waals surface area contributed by atoms with Gasteiger partial charge in [-0.25, -0.2) is 17.9 Å². The first-order valence-corrected chi connectivity index (χ1v) is 15.4. The van der Waals surface area contributed by atoms with Gasteiger partial charge < -0.3 is 4.74 Å². The van der Waals surface area contributed by atoms with Gasteiger partial charge in [0.1, 0.15) is 5.54 Å². The van der Waals surface area contributed by atoms with Crippen LogP contribution in [0.5, 0.6) is 0 Å². The molecule has 0 aliphatic rings. The summed E-state index contributed by atoms with van der Waals surface area (Å²) in [4.78, 5) is 14.2. The van der Waals surface area contributed by atoms with E-state index in [1.165, 1.54) is 0 Å². The summed E-state index contributed by atoms with van der Waals surface area (Å²) in [7, 11) is -4.06. The number of hydrogen-bond acceptors (Lipinski definition) is 5. The number of carbonyl (C=O) groups excluding carboxylic acids is 1. The normalized spacial score (nSPS) is 13.8. The van der Waals surface area contributed by atoms with Crippen molar-refractivity contribution in [3.63, 3.8) is 0 Å². The third-order valence-electron chi connectivity index (χ3n) is 6.70. The van der Waals surface area contributed by atoms with E-state index in [2.05, 4.69) is 26.0 Å². The second-order valence-electron chi connectivity index (χ2n) is 9.62. The van der Waals surface area contributed by atoms with Gasteiger partial charge in [-0.3, -0.25) is 5.32 Å². The molecule has 8 heteroatoms. The zero-order valence-corrected chi connectivity index (χ0v) is 24.9. The van der Waals surface area contributed by atoms with Crippen LogP contribution in [0, 0.1) is 6.92 Å². The van der Waals surface area contributed by atoms with Gasteiger partial charge in [-0.2, -0.15) is 0 Å². The molecule has 0 saturated carbocycles. The maximum Gasteiger partial charge on any atom is 0.328 e. The van der Waals surface area contributed by atoms with Gasteiger partial charge in [-0.15, -0.1) is 0 Å². The SMILES string of the molecule is CCOC(=O)[C@](Cc1ccccc1)(NCc1ccccc1)[C@@H](NS(=O)(=O)c1ccc(C)cc1)c1cccc(Br)c1. The van der Waals surface area contributed by atoms with Gasteiger partial charge in [0.25, 0.3) is 0 Å². The van der Waals surface area contributed by atoms with Crippen LogP contribution in [0.3, 0.4) is 0 Å². The van der Waals surface area contributed by atoms with Gasteiger partial charge in [0.05, 0.1) is 17.5 Å². The first-order valence-electron chi connectivity index (χ1n) is 13.1. The molecular weight excluding hydrogens is 588 g/mol. The van der Waals surface area contributed by atoms with E-state index in [1.54, 1.807) is 31.2 Å². The number of benzene rings is 4. The van der Waals surface area contributed by atoms with Gasteiger partial charge in [0.15, 0.2) is 0 Å². The minimum Gasteiger partial charge on any atom is -0.465 e. The van der Waals surface area contributed by atoms with Crippen LogP contribution in [0.15, 0.2) is 119 Å². The monoisotopic (exact) mass is 620 g/mol. The first-order chi connectivity index (χ1) is 19.2. The summed E-state index contributed by atoms with van der Waals surface area (Å²) in [6, 6.07) is 32.1. The van der Waals surface area contributed by atoms with E-state index in [-0.39, 0.29) is 17.9 Å². The third kappa shape index (κ3) is 7.26. The number of aryl methyl sites for hydroxylation is 1. The molecule has 0 radical (unpaired) electrons. The zero-order chi connectivity index (χ0) is 28.6. The van der Waals surface area contributed by atoms with Crippen molar-refractivity contribution in [3.05, 3.63) is 136 Å². The van der Waals surface area contributed by atoms with Gasteiger partial charge >= 0.3 is 5.97 Å². The highest BCUT2D eigenvalue weighted by Gasteiger charge is 2.49. The van der Waals surface area contributed by atoms with Gasteiger partial charge in [-0.1, -0.05) is 106 Å². The van der Waals surface area contributed by atoms with E-state index in [1.807, 2.05) is 91.9 Å². The molecule has 2 N–H and O–H groups in total. The summed E-state index contributed by atoms with van der Waals surface area (Å²) in [5, 5.41) is 3.47. The third-order valence-corrected chi connectivity index (χ3v) is 8.63. The summed E-state index contributed by atoms with van der Waals surface area (Å²) in [6.45, 7) is 4.09. The maximum absolute atomic E-state index is 14.1. The van der Waals surface area contributed by atoms with Crippen molar-refractivity contribution in [2.75, 3.05) is 6.61 Å². The lowest BCUT2D eigenvalue weighted by molar-refractivity contribution is -0.152. The number of carbonyl (C=O) groups is 1. The fraction of sp³-hybridized carbons (Fsp3) is 0.219. The molecule has 0 aliphatic carbocycles. The number of ether oxygens (including phenoxy) is 1. The Balaban J connectivity index is 1.91. The van der Waals surface area contributed by atoms with Crippen LogP contribution in [-0.2, 0) is 32.5 Å². The molecule has 0 aromatic heterocycles. The van der Waals surface area contributed by atoms with E-state index in [9.17, 15) is 13.2 Å². The van der Waals surface area contributed by atoms with E-state index in [0.717, 1.165) is 21.2 Å². The van der Waals surface area contributed by atoms with E-state index in [0.29, 0.717) is 12.1 Å². The lowest BCUT2D eigenvalue weighted by Gasteiger charge is -2.40. The van der Waals surface area contributed by atoms with Gasteiger partial charge in [-0.05, 0) is 54.8 Å². The minimum atomic E-state index is -4.06. The van der Waals surface area contributed by atoms with Crippen molar-refractivity contribution in [1.82, 2.24) is 10.0 Å². The molecule has 0 fully saturated rings. The van der Waals surface area contributed by atoms with Crippen LogP contribution in [0.1, 0.15) is 35.2 Å². The molecule has 0 saturated heterocycles. The lowest BCUT2D eigenvalue weighted by Crippen LogP contribution is -2.62. The number of hydrogen-bond donors (Lipinski definition) is 2. The fourth-order valence-electron chi connectivity index (χ4n) is 4.64. The number of nitrogens with one attached hydrogen (secondary N) is 2. The Hall–Kier alpha value is -3.30. The summed E-state index contributed by atoms with van der Waals surface area (Å²) in [5.41, 5.74) is 1.84. The van der Waals surface area contributed by atoms with Gasteiger partial charge in [0, 0.05) is 17.4 Å². The smallest absolute Gasteiger partial charge is 0.328 e. The Morgan fingerprint density at radius 2 is 1.50 bits per heavy atom. The molecule has 0 unspecified atom stereocenters. The fourth-order valence-corrected chi connectivity index (χ4v) is 6.34. The Bertz CT molecular complexity index is 1510. The van der Waals surface area contributed by atoms with Crippen LogP contribution < -0.4 is 10.0 Å². The molecule has 0 aliphatic heterocycles. The second kappa shape index (κ2) is 13.4. The predicted octanol–water partition coefficient (Wildman–Crippen LogP) is 6.11. The van der Waals surface area contributed by atoms with Crippen molar-refractivity contribution in [1.29, 1.82) is 0 Å². The summed E-state index contributed by atoms with van der Waals surface area (Å²) >= 11 is 3.53. The molecule has 6 nitrogen and oxygen atoms in total. The van der Waals surface area contributed by atoms with Crippen molar-refractivity contribution in [2.24, 2.45) is 0 Å². The number of sulfonamides is 1. The molecule has 40 heavy (non-hydrogen) atoms. The molecule has 2 atom stereocenters. The second-order valence-corrected chi connectivity index (χ2v) is 12.2. The van der Waals surface area contributed by atoms with Crippen molar-refractivity contribution in [3.8, 4) is 0 Å². The highest BCUT2D eigenvalue weighted by Crippen LogP contribution is 2.34. The molecular formula is C32H33BrN2O4S. The summed E-state index contributed by atoms with van der Waals surface area (Å²) in [6.07, 6.45) is 0.174. The van der Waals surface area contributed by atoms with Crippen molar-refractivity contribution in [2.45, 2.75) is 43.3 Å². The number of rotatable bonds is 12. The number of esters is 1. The molecule has 208 valence electrons. The highest BCUT2D eigenvalue weighted by molar-refractivity contribution is 9.10. The Kier molecular flexibility index (Phi) is 9.92. The van der Waals surface area contributed by atoms with Gasteiger partial charge in [0.2, 0.25) is 10.0 Å². The average Bonchev–Trinajstić information content (AvgIpc) is 2.95. The van der Waals surface area contributed by atoms with Crippen LogP contribution in [0.4, 0.5) is 0 Å². The molecule has 0 heterocycles. The first kappa shape index (κ1) is 29.7. The summed E-state index contributed by atoms with van der Waals surface area (Å²) < 4.78 is 37.1. The minimum absolute atomic E-state index is 0.110. The molecule has 0 bridgehead atoms. The molecule has 0 spiro atoms. The molecule has 4 rings (SSSR count). The predicted molar refractivity (Wildman–Crippen MR) is 161 cm³/mol. The quantitative estimate of drug-likeness (QED) is 0.187.